The van der Waals surface area contributed by atoms with Crippen LogP contribution in [0.25, 0.3) is 0 Å². The summed E-state index contributed by atoms with van der Waals surface area (Å²) in [4.78, 5) is 30.5. The standard InChI is InChI=1S/C26H32Cl3N5O2/c1-17(21-4-2-19(27)14-23(21)29)31-24-15-20(3-5-22(24)28)33-8-6-18(7-9-33)26(36)34-12-10-32(11-13-34)16-25(30)35/h2-5,14-15,17-18,31H,6-13,16H2,1H3,(H2,30,35)/t17-/m1/s1. The van der Waals surface area contributed by atoms with Crippen molar-refractivity contribution in [3.8, 4) is 0 Å². The minimum absolute atomic E-state index is 0.0286. The Labute approximate surface area is 227 Å². The summed E-state index contributed by atoms with van der Waals surface area (Å²) >= 11 is 18.9. The summed E-state index contributed by atoms with van der Waals surface area (Å²) in [5, 5.41) is 5.31. The van der Waals surface area contributed by atoms with Gasteiger partial charge in [0.05, 0.1) is 23.3 Å². The first-order valence-electron chi connectivity index (χ1n) is 12.3. The first-order chi connectivity index (χ1) is 17.2. The number of carbonyl (C=O) groups is 2. The normalized spacial score (nSPS) is 18.2. The molecule has 0 saturated carbocycles. The van der Waals surface area contributed by atoms with E-state index < -0.39 is 0 Å². The molecule has 0 spiro atoms. The number of amides is 2. The number of hydrogen-bond donors (Lipinski definition) is 2. The molecule has 0 radical (unpaired) electrons. The maximum absolute atomic E-state index is 13.1. The molecule has 2 fully saturated rings. The number of rotatable bonds is 7. The van der Waals surface area contributed by atoms with Crippen molar-refractivity contribution in [2.45, 2.75) is 25.8 Å². The Bertz CT molecular complexity index is 1100. The smallest absolute Gasteiger partial charge is 0.231 e. The fourth-order valence-electron chi connectivity index (χ4n) is 4.97. The molecule has 10 heteroatoms. The highest BCUT2D eigenvalue weighted by Gasteiger charge is 2.31. The molecule has 0 aromatic heterocycles. The minimum atomic E-state index is -0.328. The average molecular weight is 553 g/mol. The van der Waals surface area contributed by atoms with Gasteiger partial charge in [-0.3, -0.25) is 14.5 Å². The fourth-order valence-corrected chi connectivity index (χ4v) is 5.72. The van der Waals surface area contributed by atoms with Crippen LogP contribution in [0.1, 0.15) is 31.4 Å². The SMILES string of the molecule is C[C@@H](Nc1cc(N2CCC(C(=O)N3CCN(CC(N)=O)CC3)CC2)ccc1Cl)c1ccc(Cl)cc1Cl. The molecular weight excluding hydrogens is 521 g/mol. The summed E-state index contributed by atoms with van der Waals surface area (Å²) in [6.07, 6.45) is 1.62. The van der Waals surface area contributed by atoms with Gasteiger partial charge in [-0.1, -0.05) is 40.9 Å². The van der Waals surface area contributed by atoms with E-state index in [2.05, 4.69) is 16.3 Å². The van der Waals surface area contributed by atoms with E-state index in [1.165, 1.54) is 0 Å². The molecule has 0 bridgehead atoms. The summed E-state index contributed by atoms with van der Waals surface area (Å²) in [7, 11) is 0. The van der Waals surface area contributed by atoms with Crippen LogP contribution >= 0.6 is 34.8 Å². The Balaban J connectivity index is 1.33. The number of carbonyl (C=O) groups excluding carboxylic acids is 2. The van der Waals surface area contributed by atoms with Gasteiger partial charge in [-0.05, 0) is 55.7 Å². The number of benzene rings is 2. The van der Waals surface area contributed by atoms with E-state index >= 15 is 0 Å². The van der Waals surface area contributed by atoms with Crippen LogP contribution in [0.15, 0.2) is 36.4 Å². The van der Waals surface area contributed by atoms with Gasteiger partial charge in [-0.15, -0.1) is 0 Å². The molecular formula is C26H32Cl3N5O2. The Morgan fingerprint density at radius 2 is 1.67 bits per heavy atom. The highest BCUT2D eigenvalue weighted by atomic mass is 35.5. The van der Waals surface area contributed by atoms with Crippen molar-refractivity contribution in [1.29, 1.82) is 0 Å². The van der Waals surface area contributed by atoms with Gasteiger partial charge in [-0.25, -0.2) is 0 Å². The molecule has 0 aliphatic carbocycles. The summed E-state index contributed by atoms with van der Waals surface area (Å²) in [6, 6.07) is 11.4. The third-order valence-corrected chi connectivity index (χ3v) is 7.92. The lowest BCUT2D eigenvalue weighted by Gasteiger charge is -2.39. The summed E-state index contributed by atoms with van der Waals surface area (Å²) in [6.45, 7) is 6.56. The topological polar surface area (TPSA) is 81.9 Å². The van der Waals surface area contributed by atoms with Crippen LogP contribution in [0.5, 0.6) is 0 Å². The van der Waals surface area contributed by atoms with Crippen LogP contribution in [-0.2, 0) is 9.59 Å². The molecule has 2 aliphatic rings. The molecule has 2 saturated heterocycles. The second kappa shape index (κ2) is 11.9. The molecule has 2 aliphatic heterocycles. The Kier molecular flexibility index (Phi) is 8.88. The van der Waals surface area contributed by atoms with Gasteiger partial charge in [-0.2, -0.15) is 0 Å². The number of halogens is 3. The van der Waals surface area contributed by atoms with Gasteiger partial charge >= 0.3 is 0 Å². The number of piperazine rings is 1. The Morgan fingerprint density at radius 1 is 0.972 bits per heavy atom. The van der Waals surface area contributed by atoms with Crippen molar-refractivity contribution in [2.75, 3.05) is 56.0 Å². The van der Waals surface area contributed by atoms with E-state index in [9.17, 15) is 9.59 Å². The summed E-state index contributed by atoms with van der Waals surface area (Å²) < 4.78 is 0. The number of primary amides is 1. The third-order valence-electron chi connectivity index (χ3n) is 7.02. The number of nitrogens with two attached hydrogens (primary N) is 1. The highest BCUT2D eigenvalue weighted by molar-refractivity contribution is 6.35. The monoisotopic (exact) mass is 551 g/mol. The van der Waals surface area contributed by atoms with Crippen molar-refractivity contribution in [3.05, 3.63) is 57.0 Å². The molecule has 0 unspecified atom stereocenters. The van der Waals surface area contributed by atoms with Crippen molar-refractivity contribution in [1.82, 2.24) is 9.80 Å². The average Bonchev–Trinajstić information content (AvgIpc) is 2.85. The summed E-state index contributed by atoms with van der Waals surface area (Å²) in [5.41, 5.74) is 8.13. The minimum Gasteiger partial charge on any atom is -0.377 e. The molecule has 7 nitrogen and oxygen atoms in total. The molecule has 36 heavy (non-hydrogen) atoms. The lowest BCUT2D eigenvalue weighted by molar-refractivity contribution is -0.138. The zero-order valence-corrected chi connectivity index (χ0v) is 22.6. The van der Waals surface area contributed by atoms with Gasteiger partial charge in [0.2, 0.25) is 11.8 Å². The van der Waals surface area contributed by atoms with Gasteiger partial charge in [0.15, 0.2) is 0 Å². The summed E-state index contributed by atoms with van der Waals surface area (Å²) in [5.74, 6) is -0.0765. The highest BCUT2D eigenvalue weighted by Crippen LogP contribution is 2.34. The number of hydrogen-bond acceptors (Lipinski definition) is 5. The van der Waals surface area contributed by atoms with E-state index in [-0.39, 0.29) is 30.3 Å². The second-order valence-corrected chi connectivity index (χ2v) is 10.8. The predicted molar refractivity (Wildman–Crippen MR) is 147 cm³/mol. The molecule has 3 N–H and O–H groups in total. The van der Waals surface area contributed by atoms with Crippen LogP contribution in [0.4, 0.5) is 11.4 Å². The zero-order chi connectivity index (χ0) is 25.8. The molecule has 2 aromatic carbocycles. The maximum atomic E-state index is 13.1. The van der Waals surface area contributed by atoms with Gasteiger partial charge < -0.3 is 20.9 Å². The maximum Gasteiger partial charge on any atom is 0.231 e. The number of nitrogens with one attached hydrogen (secondary N) is 1. The van der Waals surface area contributed by atoms with E-state index in [4.69, 9.17) is 40.5 Å². The quantitative estimate of drug-likeness (QED) is 0.522. The molecule has 2 aromatic rings. The Morgan fingerprint density at radius 3 is 2.31 bits per heavy atom. The first kappa shape index (κ1) is 26.9. The van der Waals surface area contributed by atoms with E-state index in [0.717, 1.165) is 42.9 Å². The van der Waals surface area contributed by atoms with E-state index in [1.54, 1.807) is 6.07 Å². The van der Waals surface area contributed by atoms with Crippen molar-refractivity contribution >= 4 is 58.0 Å². The van der Waals surface area contributed by atoms with Crippen molar-refractivity contribution in [2.24, 2.45) is 11.7 Å². The van der Waals surface area contributed by atoms with Crippen LogP contribution in [-0.4, -0.2) is 67.4 Å². The lowest BCUT2D eigenvalue weighted by Crippen LogP contribution is -2.52. The van der Waals surface area contributed by atoms with Crippen LogP contribution in [0, 0.1) is 5.92 Å². The largest absolute Gasteiger partial charge is 0.377 e. The van der Waals surface area contributed by atoms with Gasteiger partial charge in [0.1, 0.15) is 0 Å². The molecule has 4 rings (SSSR count). The van der Waals surface area contributed by atoms with E-state index in [1.807, 2.05) is 41.0 Å². The number of piperidine rings is 1. The zero-order valence-electron chi connectivity index (χ0n) is 20.4. The molecule has 2 amide bonds. The van der Waals surface area contributed by atoms with Gasteiger partial charge in [0.25, 0.3) is 0 Å². The van der Waals surface area contributed by atoms with E-state index in [0.29, 0.717) is 41.2 Å². The van der Waals surface area contributed by atoms with Crippen molar-refractivity contribution < 1.29 is 9.59 Å². The number of nitrogens with zero attached hydrogens (tertiary/aromatic N) is 3. The predicted octanol–water partition coefficient (Wildman–Crippen LogP) is 4.67. The molecule has 194 valence electrons. The number of anilines is 2. The van der Waals surface area contributed by atoms with Crippen LogP contribution in [0.2, 0.25) is 15.1 Å². The first-order valence-corrected chi connectivity index (χ1v) is 13.4. The van der Waals surface area contributed by atoms with Crippen molar-refractivity contribution in [3.63, 3.8) is 0 Å². The van der Waals surface area contributed by atoms with Gasteiger partial charge in [0, 0.05) is 60.9 Å². The Hall–Kier alpha value is -2.19. The fraction of sp³-hybridized carbons (Fsp3) is 0.462. The molecule has 1 atom stereocenters. The molecule has 2 heterocycles. The van der Waals surface area contributed by atoms with Crippen LogP contribution in [0.3, 0.4) is 0 Å². The second-order valence-electron chi connectivity index (χ2n) is 9.53. The lowest BCUT2D eigenvalue weighted by atomic mass is 9.94. The third kappa shape index (κ3) is 6.57. The van der Waals surface area contributed by atoms with Crippen LogP contribution < -0.4 is 16.0 Å².